The molecule has 12 heteroatoms. The number of sulfonamides is 1. The highest BCUT2D eigenvalue weighted by Crippen LogP contribution is 2.34. The van der Waals surface area contributed by atoms with E-state index in [2.05, 4.69) is 4.98 Å². The van der Waals surface area contributed by atoms with Gasteiger partial charge in [-0.2, -0.15) is 4.31 Å². The lowest BCUT2D eigenvalue weighted by atomic mass is 9.93. The van der Waals surface area contributed by atoms with Gasteiger partial charge in [0, 0.05) is 25.7 Å². The van der Waals surface area contributed by atoms with Crippen molar-refractivity contribution in [3.05, 3.63) is 39.8 Å². The predicted molar refractivity (Wildman–Crippen MR) is 151 cm³/mol. The number of aromatic amines is 1. The first-order valence-corrected chi connectivity index (χ1v) is 15.2. The zero-order chi connectivity index (χ0) is 29.0. The van der Waals surface area contributed by atoms with Crippen LogP contribution in [0.25, 0.3) is 22.4 Å². The quantitative estimate of drug-likeness (QED) is 0.248. The minimum absolute atomic E-state index is 0.0719. The number of aromatic nitrogens is 3. The molecule has 4 rings (SSSR count). The van der Waals surface area contributed by atoms with Crippen LogP contribution in [0, 0.1) is 5.92 Å². The number of benzene rings is 1. The van der Waals surface area contributed by atoms with Gasteiger partial charge in [0.25, 0.3) is 5.56 Å². The van der Waals surface area contributed by atoms with E-state index < -0.39 is 15.6 Å². The zero-order valence-corrected chi connectivity index (χ0v) is 24.3. The van der Waals surface area contributed by atoms with Crippen LogP contribution in [0.15, 0.2) is 27.9 Å². The van der Waals surface area contributed by atoms with Crippen molar-refractivity contribution >= 4 is 27.3 Å². The maximum atomic E-state index is 13.7. The second-order valence-electron chi connectivity index (χ2n) is 10.2. The number of carbonyl (C=O) groups excluding carboxylic acids is 1. The number of aryl methyl sites for hydroxylation is 2. The molecule has 0 bridgehead atoms. The van der Waals surface area contributed by atoms with Gasteiger partial charge in [0.15, 0.2) is 6.29 Å². The second kappa shape index (κ2) is 12.6. The lowest BCUT2D eigenvalue weighted by molar-refractivity contribution is -0.0715. The summed E-state index contributed by atoms with van der Waals surface area (Å²) in [5.74, 6) is 0.731. The van der Waals surface area contributed by atoms with Gasteiger partial charge in [-0.15, -0.1) is 0 Å². The van der Waals surface area contributed by atoms with Gasteiger partial charge in [0.2, 0.25) is 10.0 Å². The number of hydrogen-bond donors (Lipinski definition) is 2. The molecule has 1 atom stereocenters. The van der Waals surface area contributed by atoms with Gasteiger partial charge in [-0.25, -0.2) is 13.4 Å². The molecule has 0 spiro atoms. The molecule has 1 aliphatic rings. The summed E-state index contributed by atoms with van der Waals surface area (Å²) in [7, 11) is -2.19. The topological polar surface area (TPSA) is 144 Å². The third kappa shape index (κ3) is 5.71. The molecule has 1 aromatic carbocycles. The number of aldehydes is 1. The second-order valence-corrected chi connectivity index (χ2v) is 12.1. The molecule has 0 radical (unpaired) electrons. The fourth-order valence-electron chi connectivity index (χ4n) is 5.39. The summed E-state index contributed by atoms with van der Waals surface area (Å²) < 4.78 is 41.6. The van der Waals surface area contributed by atoms with Crippen LogP contribution in [0.3, 0.4) is 0 Å². The van der Waals surface area contributed by atoms with Crippen molar-refractivity contribution in [2.75, 3.05) is 26.5 Å². The number of rotatable bonds is 12. The van der Waals surface area contributed by atoms with Gasteiger partial charge in [-0.3, -0.25) is 9.59 Å². The van der Waals surface area contributed by atoms with Crippen molar-refractivity contribution in [2.45, 2.75) is 63.9 Å². The van der Waals surface area contributed by atoms with Crippen molar-refractivity contribution in [3.8, 4) is 17.1 Å². The highest BCUT2D eigenvalue weighted by atomic mass is 32.2. The van der Waals surface area contributed by atoms with Crippen LogP contribution in [-0.2, 0) is 28.2 Å². The Morgan fingerprint density at radius 3 is 2.58 bits per heavy atom. The molecule has 0 aliphatic carbocycles. The number of aliphatic hydroxyl groups is 1. The molecular formula is C28H38N4O7S. The number of nitrogens with zero attached hydrogens (tertiary/aromatic N) is 3. The van der Waals surface area contributed by atoms with Crippen LogP contribution in [0.4, 0.5) is 0 Å². The highest BCUT2D eigenvalue weighted by Gasteiger charge is 2.32. The van der Waals surface area contributed by atoms with Crippen molar-refractivity contribution in [1.29, 1.82) is 0 Å². The van der Waals surface area contributed by atoms with Gasteiger partial charge >= 0.3 is 0 Å². The summed E-state index contributed by atoms with van der Waals surface area (Å²) in [5.41, 5.74) is 1.71. The van der Waals surface area contributed by atoms with Crippen LogP contribution in [0.1, 0.15) is 62.5 Å². The molecule has 2 aromatic heterocycles. The first-order valence-electron chi connectivity index (χ1n) is 13.7. The summed E-state index contributed by atoms with van der Waals surface area (Å²) in [5, 5.41) is 9.06. The molecule has 3 aromatic rings. The third-order valence-corrected chi connectivity index (χ3v) is 9.50. The summed E-state index contributed by atoms with van der Waals surface area (Å²) in [4.78, 5) is 32.7. The average Bonchev–Trinajstić information content (AvgIpc) is 3.22. The fraction of sp³-hybridized carbons (Fsp3) is 0.536. The van der Waals surface area contributed by atoms with E-state index in [1.165, 1.54) is 16.4 Å². The number of fused-ring (bicyclic) bond motifs is 1. The molecule has 218 valence electrons. The number of ether oxygens (including phenoxy) is 2. The van der Waals surface area contributed by atoms with Gasteiger partial charge in [0.1, 0.15) is 29.4 Å². The third-order valence-electron chi connectivity index (χ3n) is 7.60. The molecule has 2 N–H and O–H groups in total. The summed E-state index contributed by atoms with van der Waals surface area (Å²) in [6.07, 6.45) is 3.85. The largest absolute Gasteiger partial charge is 0.493 e. The van der Waals surface area contributed by atoms with E-state index >= 15 is 0 Å². The molecule has 40 heavy (non-hydrogen) atoms. The Kier molecular flexibility index (Phi) is 9.44. The highest BCUT2D eigenvalue weighted by molar-refractivity contribution is 7.89. The first kappa shape index (κ1) is 29.9. The number of hydrogen-bond acceptors (Lipinski definition) is 8. The number of carbonyl (C=O) groups is 1. The summed E-state index contributed by atoms with van der Waals surface area (Å²) >= 11 is 0. The van der Waals surface area contributed by atoms with Crippen LogP contribution in [-0.4, -0.2) is 71.2 Å². The Labute approximate surface area is 234 Å². The van der Waals surface area contributed by atoms with E-state index in [0.29, 0.717) is 67.0 Å². The maximum Gasteiger partial charge on any atom is 0.275 e. The van der Waals surface area contributed by atoms with Crippen molar-refractivity contribution in [2.24, 2.45) is 13.0 Å². The zero-order valence-electron chi connectivity index (χ0n) is 23.5. The van der Waals surface area contributed by atoms with E-state index in [1.54, 1.807) is 17.7 Å². The molecule has 1 saturated heterocycles. The fourth-order valence-corrected chi connectivity index (χ4v) is 6.88. The van der Waals surface area contributed by atoms with E-state index in [9.17, 15) is 18.0 Å². The monoisotopic (exact) mass is 574 g/mol. The molecule has 3 heterocycles. The summed E-state index contributed by atoms with van der Waals surface area (Å²) in [6.45, 7) is 6.52. The lowest BCUT2D eigenvalue weighted by Crippen LogP contribution is -2.41. The molecule has 0 unspecified atom stereocenters. The summed E-state index contributed by atoms with van der Waals surface area (Å²) in [6, 6.07) is 4.61. The molecule has 1 aliphatic heterocycles. The normalized spacial score (nSPS) is 15.9. The van der Waals surface area contributed by atoms with Crippen LogP contribution in [0.2, 0.25) is 0 Å². The molecule has 0 amide bonds. The number of H-pyrrole nitrogens is 1. The van der Waals surface area contributed by atoms with Gasteiger partial charge in [0.05, 0.1) is 28.9 Å². The first-order chi connectivity index (χ1) is 19.2. The minimum Gasteiger partial charge on any atom is -0.493 e. The van der Waals surface area contributed by atoms with Gasteiger partial charge < -0.3 is 24.1 Å². The number of aliphatic hydroxyl groups excluding tert-OH is 1. The Hall–Kier alpha value is -3.06. The molecule has 0 saturated carbocycles. The van der Waals surface area contributed by atoms with E-state index in [-0.39, 0.29) is 35.1 Å². The SMILES string of the molecule is CCCOc1ccc(S(=O)(=O)N2CCC([C@H](C)OCO)CC2)cc1-c1nc2c(CCC)c(C=O)n(C)c2c(=O)[nH]1. The van der Waals surface area contributed by atoms with E-state index in [4.69, 9.17) is 19.6 Å². The van der Waals surface area contributed by atoms with E-state index in [0.717, 1.165) is 19.1 Å². The van der Waals surface area contributed by atoms with Crippen molar-refractivity contribution in [1.82, 2.24) is 18.8 Å². The Bertz CT molecular complexity index is 1520. The van der Waals surface area contributed by atoms with Crippen LogP contribution in [0.5, 0.6) is 5.75 Å². The smallest absolute Gasteiger partial charge is 0.275 e. The Morgan fingerprint density at radius 2 is 1.95 bits per heavy atom. The Balaban J connectivity index is 1.78. The standard InChI is InChI=1S/C28H38N4O7S/c1-5-7-21-23(16-33)31(4)26-25(21)29-27(30-28(26)35)22-15-20(8-9-24(22)38-14-6-2)40(36,37)32-12-10-19(11-13-32)18(3)39-17-34/h8-9,15-16,18-19,34H,5-7,10-14,17H2,1-4H3,(H,29,30,35)/t18-/m0/s1. The van der Waals surface area contributed by atoms with Gasteiger partial charge in [-0.05, 0) is 56.7 Å². The molecule has 11 nitrogen and oxygen atoms in total. The minimum atomic E-state index is -3.85. The predicted octanol–water partition coefficient (Wildman–Crippen LogP) is 3.24. The van der Waals surface area contributed by atoms with Crippen LogP contribution < -0.4 is 10.3 Å². The van der Waals surface area contributed by atoms with Crippen molar-refractivity contribution in [3.63, 3.8) is 0 Å². The van der Waals surface area contributed by atoms with Crippen molar-refractivity contribution < 1.29 is 27.8 Å². The lowest BCUT2D eigenvalue weighted by Gasteiger charge is -2.33. The van der Waals surface area contributed by atoms with E-state index in [1.807, 2.05) is 20.8 Å². The van der Waals surface area contributed by atoms with Crippen LogP contribution >= 0.6 is 0 Å². The number of nitrogens with one attached hydrogen (secondary N) is 1. The molecular weight excluding hydrogens is 536 g/mol. The average molecular weight is 575 g/mol. The van der Waals surface area contributed by atoms with Gasteiger partial charge in [-0.1, -0.05) is 20.3 Å². The maximum absolute atomic E-state index is 13.7. The Morgan fingerprint density at radius 1 is 1.23 bits per heavy atom. The number of piperidine rings is 1. The molecule has 1 fully saturated rings.